The van der Waals surface area contributed by atoms with E-state index in [2.05, 4.69) is 15.8 Å². The van der Waals surface area contributed by atoms with Gasteiger partial charge < -0.3 is 15.2 Å². The molecule has 2 aromatic carbocycles. The number of aryl methyl sites for hydroxylation is 1. The number of phenolic OH excluding ortho intramolecular Hbond substituents is 1. The van der Waals surface area contributed by atoms with Gasteiger partial charge in [-0.25, -0.2) is 5.43 Å². The Hall–Kier alpha value is -3.35. The summed E-state index contributed by atoms with van der Waals surface area (Å²) in [6, 6.07) is 11.9. The molecule has 0 saturated heterocycles. The number of amides is 2. The highest BCUT2D eigenvalue weighted by Gasteiger charge is 2.12. The number of nitrogens with one attached hydrogen (secondary N) is 2. The van der Waals surface area contributed by atoms with Crippen molar-refractivity contribution in [1.82, 2.24) is 5.43 Å². The maximum Gasteiger partial charge on any atom is 0.275 e. The van der Waals surface area contributed by atoms with Crippen LogP contribution in [0.25, 0.3) is 0 Å². The second kappa shape index (κ2) is 8.66. The first-order chi connectivity index (χ1) is 12.4. The minimum Gasteiger partial charge on any atom is -0.507 e. The molecule has 2 aromatic rings. The topological polar surface area (TPSA) is 100 Å². The molecule has 0 fully saturated rings. The molecule has 0 aliphatic rings. The van der Waals surface area contributed by atoms with Gasteiger partial charge in [0.05, 0.1) is 24.8 Å². The van der Waals surface area contributed by atoms with E-state index in [0.29, 0.717) is 22.7 Å². The lowest BCUT2D eigenvalue weighted by Crippen LogP contribution is -2.21. The number of para-hydroxylation sites is 3. The first-order valence-electron chi connectivity index (χ1n) is 7.97. The number of hydrogen-bond acceptors (Lipinski definition) is 5. The van der Waals surface area contributed by atoms with Crippen molar-refractivity contribution < 1.29 is 19.4 Å². The fourth-order valence-corrected chi connectivity index (χ4v) is 2.26. The summed E-state index contributed by atoms with van der Waals surface area (Å²) in [5, 5.41) is 16.5. The molecule has 0 spiro atoms. The highest BCUT2D eigenvalue weighted by Crippen LogP contribution is 2.23. The van der Waals surface area contributed by atoms with Crippen LogP contribution in [0.4, 0.5) is 5.69 Å². The van der Waals surface area contributed by atoms with Crippen molar-refractivity contribution in [1.29, 1.82) is 0 Å². The highest BCUT2D eigenvalue weighted by atomic mass is 16.5. The molecular formula is C19H21N3O4. The first kappa shape index (κ1) is 19.0. The molecule has 0 radical (unpaired) electrons. The average Bonchev–Trinajstić information content (AvgIpc) is 2.62. The van der Waals surface area contributed by atoms with E-state index in [1.54, 1.807) is 50.2 Å². The van der Waals surface area contributed by atoms with Crippen LogP contribution in [0.2, 0.25) is 0 Å². The van der Waals surface area contributed by atoms with Crippen LogP contribution in [0.15, 0.2) is 47.6 Å². The molecule has 2 amide bonds. The van der Waals surface area contributed by atoms with Crippen LogP contribution in [0, 0.1) is 6.92 Å². The first-order valence-corrected chi connectivity index (χ1v) is 7.97. The van der Waals surface area contributed by atoms with Gasteiger partial charge in [0, 0.05) is 5.71 Å². The largest absolute Gasteiger partial charge is 0.507 e. The van der Waals surface area contributed by atoms with Crippen molar-refractivity contribution in [3.8, 4) is 11.5 Å². The summed E-state index contributed by atoms with van der Waals surface area (Å²) < 4.78 is 5.17. The quantitative estimate of drug-likeness (QED) is 0.548. The minimum atomic E-state index is -0.546. The van der Waals surface area contributed by atoms with Gasteiger partial charge in [-0.1, -0.05) is 24.3 Å². The van der Waals surface area contributed by atoms with Crippen LogP contribution >= 0.6 is 0 Å². The molecule has 0 aromatic heterocycles. The number of carbonyl (C=O) groups excluding carboxylic acids is 2. The Labute approximate surface area is 151 Å². The zero-order valence-corrected chi connectivity index (χ0v) is 14.9. The summed E-state index contributed by atoms with van der Waals surface area (Å²) >= 11 is 0. The van der Waals surface area contributed by atoms with E-state index in [9.17, 15) is 14.7 Å². The van der Waals surface area contributed by atoms with Crippen LogP contribution in [0.5, 0.6) is 11.5 Å². The molecule has 0 saturated carbocycles. The third-order valence-electron chi connectivity index (χ3n) is 3.63. The lowest BCUT2D eigenvalue weighted by molar-refractivity contribution is -0.115. The SMILES string of the molecule is COc1ccccc1NC(=O)C/C(C)=N\NC(=O)c1cccc(C)c1O. The lowest BCUT2D eigenvalue weighted by atomic mass is 10.1. The molecule has 136 valence electrons. The fourth-order valence-electron chi connectivity index (χ4n) is 2.26. The Morgan fingerprint density at radius 2 is 1.88 bits per heavy atom. The number of ether oxygens (including phenoxy) is 1. The molecule has 7 heteroatoms. The monoisotopic (exact) mass is 355 g/mol. The minimum absolute atomic E-state index is 0.00186. The Morgan fingerprint density at radius 3 is 2.62 bits per heavy atom. The van der Waals surface area contributed by atoms with Crippen molar-refractivity contribution in [2.45, 2.75) is 20.3 Å². The van der Waals surface area contributed by atoms with Crippen LogP contribution in [0.3, 0.4) is 0 Å². The van der Waals surface area contributed by atoms with Crippen molar-refractivity contribution >= 4 is 23.2 Å². The van der Waals surface area contributed by atoms with Crippen molar-refractivity contribution in [2.24, 2.45) is 5.10 Å². The highest BCUT2D eigenvalue weighted by molar-refractivity contribution is 6.06. The van der Waals surface area contributed by atoms with E-state index in [1.165, 1.54) is 13.2 Å². The van der Waals surface area contributed by atoms with E-state index in [4.69, 9.17) is 4.74 Å². The number of methoxy groups -OCH3 is 1. The molecule has 0 unspecified atom stereocenters. The van der Waals surface area contributed by atoms with Crippen molar-refractivity contribution in [3.63, 3.8) is 0 Å². The zero-order valence-electron chi connectivity index (χ0n) is 14.9. The van der Waals surface area contributed by atoms with Gasteiger partial charge in [-0.2, -0.15) is 5.10 Å². The average molecular weight is 355 g/mol. The number of nitrogens with zero attached hydrogens (tertiary/aromatic N) is 1. The maximum atomic E-state index is 12.1. The van der Waals surface area contributed by atoms with Gasteiger partial charge in [0.25, 0.3) is 5.91 Å². The molecule has 0 bridgehead atoms. The maximum absolute atomic E-state index is 12.1. The van der Waals surface area contributed by atoms with Crippen molar-refractivity contribution in [3.05, 3.63) is 53.6 Å². The number of benzene rings is 2. The Bertz CT molecular complexity index is 846. The second-order valence-corrected chi connectivity index (χ2v) is 5.68. The number of aromatic hydroxyl groups is 1. The zero-order chi connectivity index (χ0) is 19.1. The number of anilines is 1. The summed E-state index contributed by atoms with van der Waals surface area (Å²) in [6.45, 7) is 3.32. The van der Waals surface area contributed by atoms with Gasteiger partial charge >= 0.3 is 0 Å². The van der Waals surface area contributed by atoms with E-state index in [1.807, 2.05) is 0 Å². The predicted molar refractivity (Wildman–Crippen MR) is 99.7 cm³/mol. The smallest absolute Gasteiger partial charge is 0.275 e. The number of phenols is 1. The van der Waals surface area contributed by atoms with E-state index < -0.39 is 5.91 Å². The van der Waals surface area contributed by atoms with Gasteiger partial charge in [0.1, 0.15) is 11.5 Å². The Balaban J connectivity index is 1.96. The van der Waals surface area contributed by atoms with E-state index in [0.717, 1.165) is 0 Å². The number of hydrogen-bond donors (Lipinski definition) is 3. The molecule has 0 aliphatic heterocycles. The molecule has 3 N–H and O–H groups in total. The van der Waals surface area contributed by atoms with E-state index >= 15 is 0 Å². The van der Waals surface area contributed by atoms with Crippen molar-refractivity contribution in [2.75, 3.05) is 12.4 Å². The predicted octanol–water partition coefficient (Wildman–Crippen LogP) is 2.84. The summed E-state index contributed by atoms with van der Waals surface area (Å²) in [7, 11) is 1.52. The molecule has 0 aliphatic carbocycles. The molecule has 2 rings (SSSR count). The lowest BCUT2D eigenvalue weighted by Gasteiger charge is -2.10. The van der Waals surface area contributed by atoms with Crippen LogP contribution < -0.4 is 15.5 Å². The molecule has 26 heavy (non-hydrogen) atoms. The normalized spacial score (nSPS) is 11.0. The number of carbonyl (C=O) groups is 2. The van der Waals surface area contributed by atoms with Gasteiger partial charge in [-0.3, -0.25) is 9.59 Å². The molecule has 7 nitrogen and oxygen atoms in total. The fraction of sp³-hybridized carbons (Fsp3) is 0.211. The van der Waals surface area contributed by atoms with Gasteiger partial charge in [0.2, 0.25) is 5.91 Å². The summed E-state index contributed by atoms with van der Waals surface area (Å²) in [5.74, 6) is -0.371. The molecule has 0 heterocycles. The third-order valence-corrected chi connectivity index (χ3v) is 3.63. The van der Waals surface area contributed by atoms with Crippen LogP contribution in [0.1, 0.15) is 29.3 Å². The summed E-state index contributed by atoms with van der Waals surface area (Å²) in [6.07, 6.45) is -0.00186. The summed E-state index contributed by atoms with van der Waals surface area (Å²) in [4.78, 5) is 24.2. The second-order valence-electron chi connectivity index (χ2n) is 5.68. The van der Waals surface area contributed by atoms with Crippen LogP contribution in [-0.2, 0) is 4.79 Å². The van der Waals surface area contributed by atoms with Crippen LogP contribution in [-0.4, -0.2) is 29.7 Å². The number of hydrazone groups is 1. The molecular weight excluding hydrogens is 334 g/mol. The van der Waals surface area contributed by atoms with Gasteiger partial charge in [0.15, 0.2) is 0 Å². The summed E-state index contributed by atoms with van der Waals surface area (Å²) in [5.41, 5.74) is 4.03. The van der Waals surface area contributed by atoms with Gasteiger partial charge in [-0.15, -0.1) is 0 Å². The third kappa shape index (κ3) is 4.83. The Morgan fingerprint density at radius 1 is 1.15 bits per heavy atom. The standard InChI is InChI=1S/C19H21N3O4/c1-12-7-6-8-14(18(12)24)19(25)22-21-13(2)11-17(23)20-15-9-4-5-10-16(15)26-3/h4-10,24H,11H2,1-3H3,(H,20,23)(H,22,25)/b21-13-. The van der Waals surface area contributed by atoms with Gasteiger partial charge in [-0.05, 0) is 37.6 Å². The number of rotatable bonds is 6. The van der Waals surface area contributed by atoms with E-state index in [-0.39, 0.29) is 23.6 Å². The Kier molecular flexibility index (Phi) is 6.32. The molecule has 0 atom stereocenters.